The number of nitrogens with zero attached hydrogens (tertiary/aromatic N) is 10. The molecule has 0 aliphatic rings. The summed E-state index contributed by atoms with van der Waals surface area (Å²) in [6.45, 7) is 0. The van der Waals surface area contributed by atoms with Crippen LogP contribution in [0.2, 0.25) is 0 Å². The summed E-state index contributed by atoms with van der Waals surface area (Å²) in [4.78, 5) is 31.2. The maximum absolute atomic E-state index is 15.1. The standard InChI is InChI=1S/C53H34N5OPS.C53H31N5S2/c59-60(41-20-9-3-10-21-41,42-22-11-4-12-23-42)43-27-24-35(25-28-43)47-34-48(56-53(55-47)37-16-7-2-8-17-37)40-19-13-18-38(32-40)39-26-29-44-49(33-39)54-51(36-14-5-1-6-15-36)45-30-31-46-52(50(44)45)58-61-57-46;1-3-11-34(12-4-1)50-43-27-28-44-51(58-60-57-44)49(43)42-26-25-37(30-47(42)54-50)36-15-9-16-38(29-36)46-31-45(55-53(56-46)35-13-5-2-6-14-35)33-23-21-32(22-24-33)39-18-10-19-41-40-17-7-8-20-48(40)59-52(39)41/h1-34H;1-31H. The second-order valence-corrected chi connectivity index (χ2v) is 34.7. The summed E-state index contributed by atoms with van der Waals surface area (Å²) in [5.41, 5.74) is 25.1. The predicted octanol–water partition coefficient (Wildman–Crippen LogP) is 26.7. The van der Waals surface area contributed by atoms with Crippen LogP contribution in [-0.4, -0.2) is 47.4 Å². The van der Waals surface area contributed by atoms with Crippen LogP contribution in [0.3, 0.4) is 0 Å². The van der Waals surface area contributed by atoms with Crippen LogP contribution in [0.1, 0.15) is 0 Å². The highest BCUT2D eigenvalue weighted by Crippen LogP contribution is 2.46. The highest BCUT2D eigenvalue weighted by atomic mass is 32.1. The van der Waals surface area contributed by atoms with Crippen LogP contribution >= 0.6 is 41.9 Å². The van der Waals surface area contributed by atoms with Gasteiger partial charge in [-0.15, -0.1) is 11.3 Å². The van der Waals surface area contributed by atoms with Crippen molar-refractivity contribution in [3.63, 3.8) is 0 Å². The van der Waals surface area contributed by atoms with Crippen LogP contribution in [0.15, 0.2) is 394 Å². The zero-order valence-electron chi connectivity index (χ0n) is 64.6. The largest absolute Gasteiger partial charge is 0.309 e. The van der Waals surface area contributed by atoms with Crippen molar-refractivity contribution in [2.45, 2.75) is 0 Å². The van der Waals surface area contributed by atoms with Gasteiger partial charge in [0.1, 0.15) is 22.1 Å². The van der Waals surface area contributed by atoms with Gasteiger partial charge in [-0.2, -0.15) is 17.5 Å². The zero-order valence-corrected chi connectivity index (χ0v) is 67.9. The second-order valence-electron chi connectivity index (χ2n) is 29.9. The number of pyridine rings is 2. The van der Waals surface area contributed by atoms with Crippen LogP contribution < -0.4 is 15.9 Å². The van der Waals surface area contributed by atoms with E-state index in [-0.39, 0.29) is 0 Å². The average molecular weight is 1620 g/mol. The first-order valence-electron chi connectivity index (χ1n) is 39.8. The van der Waals surface area contributed by atoms with E-state index in [0.29, 0.717) is 11.6 Å². The van der Waals surface area contributed by atoms with Crippen molar-refractivity contribution in [3.05, 3.63) is 394 Å². The molecule has 568 valence electrons. The van der Waals surface area contributed by atoms with Gasteiger partial charge in [0, 0.05) is 113 Å². The molecule has 7 aromatic heterocycles. The van der Waals surface area contributed by atoms with Gasteiger partial charge in [0.15, 0.2) is 18.8 Å². The molecule has 7 heterocycles. The number of rotatable bonds is 14. The predicted molar refractivity (Wildman–Crippen MR) is 504 cm³/mol. The molecule has 0 bridgehead atoms. The number of aromatic nitrogens is 10. The Morgan fingerprint density at radius 1 is 0.223 bits per heavy atom. The Kier molecular flexibility index (Phi) is 18.5. The Bertz CT molecular complexity index is 7940. The lowest BCUT2D eigenvalue weighted by Gasteiger charge is -2.20. The summed E-state index contributed by atoms with van der Waals surface area (Å²) < 4.78 is 36.3. The molecule has 11 nitrogen and oxygen atoms in total. The molecular weight excluding hydrogens is 1560 g/mol. The second kappa shape index (κ2) is 30.9. The van der Waals surface area contributed by atoms with Gasteiger partial charge in [0.25, 0.3) is 0 Å². The van der Waals surface area contributed by atoms with E-state index in [2.05, 4.69) is 227 Å². The van der Waals surface area contributed by atoms with Gasteiger partial charge in [-0.1, -0.05) is 328 Å². The molecule has 0 saturated heterocycles. The molecule has 0 N–H and O–H groups in total. The zero-order chi connectivity index (χ0) is 80.3. The normalized spacial score (nSPS) is 11.7. The summed E-state index contributed by atoms with van der Waals surface area (Å²) >= 11 is 4.33. The molecule has 0 saturated carbocycles. The molecule has 15 heteroatoms. The molecule has 0 unspecified atom stereocenters. The third kappa shape index (κ3) is 13.5. The van der Waals surface area contributed by atoms with Crippen molar-refractivity contribution in [2.75, 3.05) is 0 Å². The van der Waals surface area contributed by atoms with Crippen molar-refractivity contribution in [3.8, 4) is 124 Å². The molecule has 0 aliphatic carbocycles. The minimum atomic E-state index is -3.13. The van der Waals surface area contributed by atoms with E-state index < -0.39 is 7.14 Å². The quantitative estimate of drug-likeness (QED) is 0.0757. The molecule has 121 heavy (non-hydrogen) atoms. The van der Waals surface area contributed by atoms with Crippen molar-refractivity contribution in [1.82, 2.24) is 47.4 Å². The van der Waals surface area contributed by atoms with Gasteiger partial charge < -0.3 is 4.57 Å². The maximum atomic E-state index is 15.1. The highest BCUT2D eigenvalue weighted by molar-refractivity contribution is 7.85. The van der Waals surface area contributed by atoms with Gasteiger partial charge in [-0.25, -0.2) is 29.9 Å². The molecule has 23 rings (SSSR count). The lowest BCUT2D eigenvalue weighted by atomic mass is 9.96. The fraction of sp³-hybridized carbons (Fsp3) is 0. The molecule has 0 aliphatic heterocycles. The average Bonchev–Trinajstić information content (AvgIpc) is 1.73. The lowest BCUT2D eigenvalue weighted by Crippen LogP contribution is -2.24. The fourth-order valence-electron chi connectivity index (χ4n) is 16.7. The van der Waals surface area contributed by atoms with Crippen molar-refractivity contribution < 1.29 is 4.57 Å². The fourth-order valence-corrected chi connectivity index (χ4v) is 21.6. The Balaban J connectivity index is 0.000000145. The monoisotopic (exact) mass is 1620 g/mol. The van der Waals surface area contributed by atoms with Gasteiger partial charge >= 0.3 is 0 Å². The van der Waals surface area contributed by atoms with E-state index in [0.717, 1.165) is 182 Å². The van der Waals surface area contributed by atoms with Gasteiger partial charge in [0.2, 0.25) is 0 Å². The third-order valence-electron chi connectivity index (χ3n) is 22.6. The number of thiophene rings is 1. The molecular formula is C106H65N10OPS3. The van der Waals surface area contributed by atoms with E-state index in [1.807, 2.05) is 187 Å². The summed E-state index contributed by atoms with van der Waals surface area (Å²) in [5.74, 6) is 1.31. The molecule has 0 spiro atoms. The summed E-state index contributed by atoms with van der Waals surface area (Å²) in [7, 11) is -3.13. The number of hydrogen-bond donors (Lipinski definition) is 0. The molecule has 0 amide bonds. The summed E-state index contributed by atoms with van der Waals surface area (Å²) in [5, 5.41) is 11.3. The molecule has 0 fully saturated rings. The first-order valence-corrected chi connectivity index (χ1v) is 43.8. The Labute approximate surface area is 708 Å². The van der Waals surface area contributed by atoms with Crippen molar-refractivity contribution in [1.29, 1.82) is 0 Å². The topological polar surface area (TPSA) is 146 Å². The Morgan fingerprint density at radius 3 is 1.06 bits per heavy atom. The van der Waals surface area contributed by atoms with E-state index in [1.165, 1.54) is 54.8 Å². The van der Waals surface area contributed by atoms with E-state index in [4.69, 9.17) is 38.7 Å². The third-order valence-corrected chi connectivity index (χ3v) is 28.0. The van der Waals surface area contributed by atoms with E-state index in [9.17, 15) is 0 Å². The Hall–Kier alpha value is -14.9. The SMILES string of the molecule is O=P(c1ccccc1)(c1ccccc1)c1ccc(-c2cc(-c3cccc(-c4ccc5c(c4)nc(-c4ccccc4)c4ccc6nsnc6c45)c3)nc(-c3ccccc3)n2)cc1.c1ccc(-c2nc(-c3ccc(-c4cccc5c4sc4ccccc45)cc3)cc(-c3cccc(-c4ccc5c(c4)nc(-c4ccccc4)c4ccc6nsnc6c45)c3)n2)cc1. The highest BCUT2D eigenvalue weighted by Gasteiger charge is 2.30. The number of hydrogen-bond acceptors (Lipinski definition) is 14. The van der Waals surface area contributed by atoms with Crippen LogP contribution in [0.5, 0.6) is 0 Å². The molecule has 23 aromatic rings. The smallest absolute Gasteiger partial charge is 0.171 e. The molecule has 0 radical (unpaired) electrons. The Morgan fingerprint density at radius 2 is 0.579 bits per heavy atom. The van der Waals surface area contributed by atoms with E-state index in [1.54, 1.807) is 0 Å². The van der Waals surface area contributed by atoms with Gasteiger partial charge in [-0.05, 0) is 100 Å². The van der Waals surface area contributed by atoms with Crippen molar-refractivity contribution >= 4 is 143 Å². The van der Waals surface area contributed by atoms with Crippen molar-refractivity contribution in [2.24, 2.45) is 0 Å². The molecule has 0 atom stereocenters. The lowest BCUT2D eigenvalue weighted by molar-refractivity contribution is 0.592. The molecule has 16 aromatic carbocycles. The minimum Gasteiger partial charge on any atom is -0.309 e. The van der Waals surface area contributed by atoms with Crippen LogP contribution in [-0.2, 0) is 4.57 Å². The minimum absolute atomic E-state index is 0.625. The number of benzene rings is 16. The summed E-state index contributed by atoms with van der Waals surface area (Å²) in [6, 6.07) is 135. The summed E-state index contributed by atoms with van der Waals surface area (Å²) in [6.07, 6.45) is 0. The first-order chi connectivity index (χ1) is 59.8. The number of fused-ring (bicyclic) bond motifs is 13. The van der Waals surface area contributed by atoms with E-state index >= 15 is 4.57 Å². The van der Waals surface area contributed by atoms with Gasteiger partial charge in [-0.3, -0.25) is 0 Å². The van der Waals surface area contributed by atoms with Crippen LogP contribution in [0, 0.1) is 0 Å². The van der Waals surface area contributed by atoms with Crippen LogP contribution in [0.4, 0.5) is 0 Å². The maximum Gasteiger partial charge on any atom is 0.171 e. The first kappa shape index (κ1) is 72.6. The van der Waals surface area contributed by atoms with Crippen LogP contribution in [0.25, 0.3) is 209 Å². The van der Waals surface area contributed by atoms with Gasteiger partial charge in [0.05, 0.1) is 68.7 Å².